The zero-order chi connectivity index (χ0) is 15.3. The lowest BCUT2D eigenvalue weighted by Gasteiger charge is -2.14. The standard InChI is InChI=1S/C18H16N2OS/c1-19-10-9-13(15-8-5-11-22-15)16-12-6-3-4-7-14(12)20(2)17(16)18(19)21/h3-9,11H,10H2,1-2H3. The lowest BCUT2D eigenvalue weighted by Crippen LogP contribution is -2.27. The third-order valence-corrected chi connectivity index (χ3v) is 5.18. The molecule has 1 aliphatic heterocycles. The fourth-order valence-electron chi connectivity index (χ4n) is 3.17. The Kier molecular flexibility index (Phi) is 2.94. The molecular weight excluding hydrogens is 292 g/mol. The highest BCUT2D eigenvalue weighted by molar-refractivity contribution is 7.11. The lowest BCUT2D eigenvalue weighted by atomic mass is 10.0. The normalized spacial score (nSPS) is 14.9. The van der Waals surface area contributed by atoms with Gasteiger partial charge in [-0.1, -0.05) is 30.3 Å². The van der Waals surface area contributed by atoms with Gasteiger partial charge in [-0.15, -0.1) is 11.3 Å². The predicted molar refractivity (Wildman–Crippen MR) is 91.3 cm³/mol. The second kappa shape index (κ2) is 4.85. The molecule has 1 amide bonds. The summed E-state index contributed by atoms with van der Waals surface area (Å²) in [5.74, 6) is 0.0801. The minimum absolute atomic E-state index is 0.0801. The maximum Gasteiger partial charge on any atom is 0.271 e. The van der Waals surface area contributed by atoms with Crippen LogP contribution in [0.3, 0.4) is 0 Å². The number of thiophene rings is 1. The topological polar surface area (TPSA) is 25.2 Å². The molecule has 3 nitrogen and oxygen atoms in total. The van der Waals surface area contributed by atoms with Gasteiger partial charge in [-0.25, -0.2) is 0 Å². The molecule has 1 aliphatic rings. The van der Waals surface area contributed by atoms with Crippen LogP contribution in [0.15, 0.2) is 47.9 Å². The fourth-order valence-corrected chi connectivity index (χ4v) is 3.94. The highest BCUT2D eigenvalue weighted by Gasteiger charge is 2.28. The number of fused-ring (bicyclic) bond motifs is 3. The van der Waals surface area contributed by atoms with Gasteiger partial charge in [0.05, 0.1) is 0 Å². The number of hydrogen-bond donors (Lipinski definition) is 0. The van der Waals surface area contributed by atoms with Crippen molar-refractivity contribution in [2.45, 2.75) is 0 Å². The first-order valence-electron chi connectivity index (χ1n) is 7.26. The Morgan fingerprint density at radius 2 is 1.91 bits per heavy atom. The van der Waals surface area contributed by atoms with Crippen LogP contribution in [-0.2, 0) is 7.05 Å². The average molecular weight is 308 g/mol. The van der Waals surface area contributed by atoms with Gasteiger partial charge in [0.1, 0.15) is 5.69 Å². The molecule has 0 radical (unpaired) electrons. The summed E-state index contributed by atoms with van der Waals surface area (Å²) in [5.41, 5.74) is 4.11. The van der Waals surface area contributed by atoms with Crippen LogP contribution in [0.2, 0.25) is 0 Å². The van der Waals surface area contributed by atoms with Gasteiger partial charge in [-0.3, -0.25) is 4.79 Å². The molecule has 0 saturated heterocycles. The Bertz CT molecular complexity index is 903. The van der Waals surface area contributed by atoms with Crippen molar-refractivity contribution in [1.82, 2.24) is 9.47 Å². The molecule has 0 fully saturated rings. The summed E-state index contributed by atoms with van der Waals surface area (Å²) in [4.78, 5) is 15.8. The van der Waals surface area contributed by atoms with Crippen LogP contribution in [0, 0.1) is 0 Å². The number of carbonyl (C=O) groups is 1. The van der Waals surface area contributed by atoms with E-state index < -0.39 is 0 Å². The van der Waals surface area contributed by atoms with Crippen molar-refractivity contribution in [3.05, 3.63) is 64.0 Å². The Hall–Kier alpha value is -2.33. The molecule has 2 aromatic heterocycles. The number of nitrogens with zero attached hydrogens (tertiary/aromatic N) is 2. The van der Waals surface area contributed by atoms with E-state index in [1.165, 1.54) is 10.5 Å². The van der Waals surface area contributed by atoms with Crippen molar-refractivity contribution in [3.63, 3.8) is 0 Å². The Labute approximate surface area is 133 Å². The van der Waals surface area contributed by atoms with Gasteiger partial charge in [-0.05, 0) is 23.1 Å². The summed E-state index contributed by atoms with van der Waals surface area (Å²) in [6.07, 6.45) is 2.17. The third kappa shape index (κ3) is 1.77. The van der Waals surface area contributed by atoms with Crippen molar-refractivity contribution in [2.24, 2.45) is 7.05 Å². The third-order valence-electron chi connectivity index (χ3n) is 4.28. The summed E-state index contributed by atoms with van der Waals surface area (Å²) in [6.45, 7) is 0.634. The number of benzene rings is 1. The van der Waals surface area contributed by atoms with E-state index >= 15 is 0 Å². The molecule has 0 unspecified atom stereocenters. The highest BCUT2D eigenvalue weighted by atomic mass is 32.1. The highest BCUT2D eigenvalue weighted by Crippen LogP contribution is 2.38. The molecular formula is C18H16N2OS. The quantitative estimate of drug-likeness (QED) is 0.672. The molecule has 0 bridgehead atoms. The van der Waals surface area contributed by atoms with Crippen molar-refractivity contribution >= 4 is 33.7 Å². The van der Waals surface area contributed by atoms with Crippen LogP contribution in [0.4, 0.5) is 0 Å². The van der Waals surface area contributed by atoms with Crippen LogP contribution >= 0.6 is 11.3 Å². The Morgan fingerprint density at radius 3 is 2.68 bits per heavy atom. The van der Waals surface area contributed by atoms with E-state index in [0.717, 1.165) is 22.2 Å². The minimum Gasteiger partial charge on any atom is -0.339 e. The van der Waals surface area contributed by atoms with Gasteiger partial charge in [0.2, 0.25) is 0 Å². The van der Waals surface area contributed by atoms with Crippen molar-refractivity contribution < 1.29 is 4.79 Å². The Balaban J connectivity index is 2.12. The maximum absolute atomic E-state index is 12.8. The van der Waals surface area contributed by atoms with Crippen molar-refractivity contribution in [2.75, 3.05) is 13.6 Å². The van der Waals surface area contributed by atoms with E-state index in [2.05, 4.69) is 35.7 Å². The molecule has 0 spiro atoms. The molecule has 4 heteroatoms. The van der Waals surface area contributed by atoms with Gasteiger partial charge in [0.25, 0.3) is 5.91 Å². The lowest BCUT2D eigenvalue weighted by molar-refractivity contribution is 0.0803. The van der Waals surface area contributed by atoms with E-state index in [4.69, 9.17) is 0 Å². The number of amides is 1. The number of aromatic nitrogens is 1. The second-order valence-electron chi connectivity index (χ2n) is 5.58. The summed E-state index contributed by atoms with van der Waals surface area (Å²) in [5, 5.41) is 3.22. The Morgan fingerprint density at radius 1 is 1.09 bits per heavy atom. The maximum atomic E-state index is 12.8. The first kappa shape index (κ1) is 13.3. The van der Waals surface area contributed by atoms with Crippen molar-refractivity contribution in [1.29, 1.82) is 0 Å². The molecule has 110 valence electrons. The number of hydrogen-bond acceptors (Lipinski definition) is 2. The monoisotopic (exact) mass is 308 g/mol. The van der Waals surface area contributed by atoms with Gasteiger partial charge in [-0.2, -0.15) is 0 Å². The van der Waals surface area contributed by atoms with Crippen LogP contribution in [0.5, 0.6) is 0 Å². The first-order chi connectivity index (χ1) is 10.7. The molecule has 3 aromatic rings. The number of likely N-dealkylation sites (N-methyl/N-ethyl adjacent to an activating group) is 1. The molecule has 0 saturated carbocycles. The van der Waals surface area contributed by atoms with E-state index in [9.17, 15) is 4.79 Å². The van der Waals surface area contributed by atoms with Gasteiger partial charge < -0.3 is 9.47 Å². The zero-order valence-electron chi connectivity index (χ0n) is 12.5. The zero-order valence-corrected chi connectivity index (χ0v) is 13.4. The largest absolute Gasteiger partial charge is 0.339 e. The van der Waals surface area contributed by atoms with E-state index in [1.807, 2.05) is 30.8 Å². The number of para-hydroxylation sites is 1. The van der Waals surface area contributed by atoms with E-state index in [-0.39, 0.29) is 5.91 Å². The second-order valence-corrected chi connectivity index (χ2v) is 6.53. The predicted octanol–water partition coefficient (Wildman–Crippen LogP) is 3.76. The molecule has 22 heavy (non-hydrogen) atoms. The first-order valence-corrected chi connectivity index (χ1v) is 8.13. The molecule has 3 heterocycles. The van der Waals surface area contributed by atoms with Crippen LogP contribution in [0.1, 0.15) is 20.9 Å². The van der Waals surface area contributed by atoms with E-state index in [1.54, 1.807) is 16.2 Å². The van der Waals surface area contributed by atoms with Gasteiger partial charge in [0.15, 0.2) is 0 Å². The van der Waals surface area contributed by atoms with Gasteiger partial charge in [0, 0.05) is 42.0 Å². The minimum atomic E-state index is 0.0801. The number of aryl methyl sites for hydroxylation is 1. The molecule has 0 atom stereocenters. The van der Waals surface area contributed by atoms with Crippen LogP contribution < -0.4 is 0 Å². The molecule has 0 N–H and O–H groups in total. The molecule has 1 aromatic carbocycles. The van der Waals surface area contributed by atoms with Crippen LogP contribution in [-0.4, -0.2) is 29.0 Å². The summed E-state index contributed by atoms with van der Waals surface area (Å²) < 4.78 is 2.02. The van der Waals surface area contributed by atoms with Crippen LogP contribution in [0.25, 0.3) is 16.5 Å². The number of rotatable bonds is 1. The van der Waals surface area contributed by atoms with Gasteiger partial charge >= 0.3 is 0 Å². The molecule has 4 rings (SSSR count). The average Bonchev–Trinajstić information content (AvgIpc) is 3.12. The van der Waals surface area contributed by atoms with E-state index in [0.29, 0.717) is 6.54 Å². The summed E-state index contributed by atoms with van der Waals surface area (Å²) in [6, 6.07) is 12.4. The smallest absolute Gasteiger partial charge is 0.271 e. The SMILES string of the molecule is CN1CC=C(c2cccs2)c2c(n(C)c3ccccc23)C1=O. The van der Waals surface area contributed by atoms with Crippen molar-refractivity contribution in [3.8, 4) is 0 Å². The fraction of sp³-hybridized carbons (Fsp3) is 0.167. The molecule has 0 aliphatic carbocycles. The summed E-state index contributed by atoms with van der Waals surface area (Å²) >= 11 is 1.72. The summed E-state index contributed by atoms with van der Waals surface area (Å²) in [7, 11) is 3.84. The number of carbonyl (C=O) groups excluding carboxylic acids is 1.